The van der Waals surface area contributed by atoms with E-state index in [9.17, 15) is 0 Å². The van der Waals surface area contributed by atoms with Crippen molar-refractivity contribution in [2.75, 3.05) is 11.1 Å². The Hall–Kier alpha value is -0.590. The van der Waals surface area contributed by atoms with Crippen LogP contribution in [-0.4, -0.2) is 4.98 Å². The third-order valence-electron chi connectivity index (χ3n) is 2.07. The van der Waals surface area contributed by atoms with E-state index >= 15 is 0 Å². The summed E-state index contributed by atoms with van der Waals surface area (Å²) in [5.41, 5.74) is 7.37. The van der Waals surface area contributed by atoms with Gasteiger partial charge < -0.3 is 11.1 Å². The molecule has 2 rings (SSSR count). The molecule has 0 aliphatic carbocycles. The Morgan fingerprint density at radius 2 is 1.82 bits per heavy atom. The summed E-state index contributed by atoms with van der Waals surface area (Å²) in [5, 5.41) is 3.17. The average molecular weight is 422 g/mol. The first-order valence-corrected chi connectivity index (χ1v) is 7.07. The number of nitrogen functional groups attached to an aromatic ring is 1. The molecule has 0 aliphatic rings. The molecule has 0 bridgehead atoms. The van der Waals surface area contributed by atoms with Gasteiger partial charge >= 0.3 is 0 Å². The third-order valence-corrected chi connectivity index (χ3v) is 3.68. The van der Waals surface area contributed by atoms with Gasteiger partial charge in [-0.3, -0.25) is 0 Å². The summed E-state index contributed by atoms with van der Waals surface area (Å²) < 4.78 is 2.79. The number of hydrogen-bond acceptors (Lipinski definition) is 3. The van der Waals surface area contributed by atoms with Crippen LogP contribution in [0.4, 0.5) is 17.2 Å². The Labute approximate surface area is 124 Å². The summed E-state index contributed by atoms with van der Waals surface area (Å²) in [6.07, 6.45) is 1.70. The first-order valence-electron chi connectivity index (χ1n) is 4.69. The second-order valence-electron chi connectivity index (χ2n) is 3.34. The molecule has 0 aliphatic heterocycles. The molecule has 0 amide bonds. The molecule has 0 unspecified atom stereocenters. The molecule has 0 atom stereocenters. The molecule has 3 nitrogen and oxygen atoms in total. The predicted octanol–water partition coefficient (Wildman–Crippen LogP) is 4.69. The van der Waals surface area contributed by atoms with E-state index in [1.807, 2.05) is 18.2 Å². The molecule has 0 spiro atoms. The van der Waals surface area contributed by atoms with Crippen molar-refractivity contribution >= 4 is 65.0 Å². The molecule has 0 saturated heterocycles. The van der Waals surface area contributed by atoms with Crippen molar-refractivity contribution in [2.24, 2.45) is 0 Å². The molecule has 1 aromatic carbocycles. The Bertz CT molecular complexity index is 558. The number of benzene rings is 1. The van der Waals surface area contributed by atoms with Crippen LogP contribution >= 0.6 is 47.8 Å². The minimum atomic E-state index is 0.589. The van der Waals surface area contributed by atoms with Gasteiger partial charge in [0.05, 0.1) is 11.4 Å². The summed E-state index contributed by atoms with van der Waals surface area (Å²) in [7, 11) is 0. The number of aromatic nitrogens is 1. The fraction of sp³-hybridized carbons (Fsp3) is 0. The molecule has 17 heavy (non-hydrogen) atoms. The van der Waals surface area contributed by atoms with E-state index in [1.54, 1.807) is 12.3 Å². The number of halogens is 3. The van der Waals surface area contributed by atoms with E-state index in [2.05, 4.69) is 58.1 Å². The van der Waals surface area contributed by atoms with E-state index in [4.69, 9.17) is 5.73 Å². The van der Waals surface area contributed by atoms with Gasteiger partial charge in [0, 0.05) is 19.6 Å². The van der Waals surface area contributed by atoms with Crippen molar-refractivity contribution in [1.29, 1.82) is 0 Å². The van der Waals surface area contributed by atoms with Gasteiger partial charge in [-0.2, -0.15) is 0 Å². The first kappa shape index (κ1) is 12.9. The molecule has 0 saturated carbocycles. The van der Waals surface area contributed by atoms with Gasteiger partial charge in [-0.1, -0.05) is 15.9 Å². The number of nitrogens with zero attached hydrogens (tertiary/aromatic N) is 1. The third kappa shape index (κ3) is 3.20. The molecular formula is C11H8Br3N3. The number of anilines is 3. The smallest absolute Gasteiger partial charge is 0.153 e. The van der Waals surface area contributed by atoms with Crippen molar-refractivity contribution in [3.8, 4) is 0 Å². The molecule has 1 aromatic heterocycles. The van der Waals surface area contributed by atoms with E-state index in [1.165, 1.54) is 0 Å². The molecule has 6 heteroatoms. The predicted molar refractivity (Wildman–Crippen MR) is 81.5 cm³/mol. The molecule has 1 heterocycles. The maximum atomic E-state index is 5.88. The van der Waals surface area contributed by atoms with E-state index in [0.717, 1.165) is 19.1 Å². The summed E-state index contributed by atoms with van der Waals surface area (Å²) in [5.74, 6) is 0.631. The first-order chi connectivity index (χ1) is 8.06. The summed E-state index contributed by atoms with van der Waals surface area (Å²) in [6.45, 7) is 0. The second kappa shape index (κ2) is 5.37. The van der Waals surface area contributed by atoms with E-state index < -0.39 is 0 Å². The number of rotatable bonds is 2. The van der Waals surface area contributed by atoms with Crippen LogP contribution in [0.2, 0.25) is 0 Å². The lowest BCUT2D eigenvalue weighted by molar-refractivity contribution is 1.29. The van der Waals surface area contributed by atoms with Crippen LogP contribution in [-0.2, 0) is 0 Å². The molecule has 88 valence electrons. The van der Waals surface area contributed by atoms with Gasteiger partial charge in [-0.05, 0) is 56.1 Å². The summed E-state index contributed by atoms with van der Waals surface area (Å²) >= 11 is 10.2. The van der Waals surface area contributed by atoms with Crippen molar-refractivity contribution < 1.29 is 0 Å². The van der Waals surface area contributed by atoms with E-state index in [-0.39, 0.29) is 0 Å². The highest BCUT2D eigenvalue weighted by Gasteiger charge is 2.05. The highest BCUT2D eigenvalue weighted by atomic mass is 79.9. The Balaban J connectivity index is 2.34. The highest BCUT2D eigenvalue weighted by molar-refractivity contribution is 9.11. The lowest BCUT2D eigenvalue weighted by Gasteiger charge is -2.10. The van der Waals surface area contributed by atoms with Gasteiger partial charge in [0.25, 0.3) is 0 Å². The van der Waals surface area contributed by atoms with Crippen LogP contribution in [0.25, 0.3) is 0 Å². The van der Waals surface area contributed by atoms with Crippen LogP contribution < -0.4 is 11.1 Å². The molecule has 2 aromatic rings. The van der Waals surface area contributed by atoms with Gasteiger partial charge in [0.15, 0.2) is 5.82 Å². The fourth-order valence-corrected chi connectivity index (χ4v) is 2.34. The summed E-state index contributed by atoms with van der Waals surface area (Å²) in [6, 6.07) is 7.66. The standard InChI is InChI=1S/C11H8Br3N3/c12-6-1-2-8(14)10(4-6)17-11-9(15)3-7(13)5-16-11/h1-5H,15H2,(H,16,17). The SMILES string of the molecule is Nc1cc(Br)cnc1Nc1cc(Br)ccc1Br. The lowest BCUT2D eigenvalue weighted by atomic mass is 10.3. The van der Waals surface area contributed by atoms with Crippen molar-refractivity contribution in [3.05, 3.63) is 43.9 Å². The maximum absolute atomic E-state index is 5.88. The van der Waals surface area contributed by atoms with Crippen LogP contribution in [0.15, 0.2) is 43.9 Å². The number of nitrogens with two attached hydrogens (primary N) is 1. The zero-order chi connectivity index (χ0) is 12.4. The molecule has 0 fully saturated rings. The number of hydrogen-bond donors (Lipinski definition) is 2. The normalized spacial score (nSPS) is 10.3. The maximum Gasteiger partial charge on any atom is 0.153 e. The van der Waals surface area contributed by atoms with E-state index in [0.29, 0.717) is 11.5 Å². The Morgan fingerprint density at radius 3 is 2.53 bits per heavy atom. The minimum Gasteiger partial charge on any atom is -0.396 e. The molecule has 0 radical (unpaired) electrons. The topological polar surface area (TPSA) is 50.9 Å². The minimum absolute atomic E-state index is 0.589. The molecule has 3 N–H and O–H groups in total. The van der Waals surface area contributed by atoms with Crippen LogP contribution in [0.5, 0.6) is 0 Å². The largest absolute Gasteiger partial charge is 0.396 e. The van der Waals surface area contributed by atoms with Gasteiger partial charge in [-0.25, -0.2) is 4.98 Å². The van der Waals surface area contributed by atoms with Gasteiger partial charge in [0.2, 0.25) is 0 Å². The molecular weight excluding hydrogens is 414 g/mol. The van der Waals surface area contributed by atoms with Crippen LogP contribution in [0.1, 0.15) is 0 Å². The van der Waals surface area contributed by atoms with Crippen molar-refractivity contribution in [1.82, 2.24) is 4.98 Å². The average Bonchev–Trinajstić information content (AvgIpc) is 2.27. The Kier molecular flexibility index (Phi) is 4.06. The van der Waals surface area contributed by atoms with Crippen LogP contribution in [0.3, 0.4) is 0 Å². The highest BCUT2D eigenvalue weighted by Crippen LogP contribution is 2.30. The lowest BCUT2D eigenvalue weighted by Crippen LogP contribution is -1.99. The second-order valence-corrected chi connectivity index (χ2v) is 6.03. The quantitative estimate of drug-likeness (QED) is 0.739. The monoisotopic (exact) mass is 419 g/mol. The van der Waals surface area contributed by atoms with Crippen LogP contribution in [0, 0.1) is 0 Å². The zero-order valence-corrected chi connectivity index (χ0v) is 13.3. The fourth-order valence-electron chi connectivity index (χ4n) is 1.28. The summed E-state index contributed by atoms with van der Waals surface area (Å²) in [4.78, 5) is 4.22. The van der Waals surface area contributed by atoms with Crippen molar-refractivity contribution in [2.45, 2.75) is 0 Å². The Morgan fingerprint density at radius 1 is 1.06 bits per heavy atom. The van der Waals surface area contributed by atoms with Gasteiger partial charge in [0.1, 0.15) is 0 Å². The number of nitrogens with one attached hydrogen (secondary N) is 1. The zero-order valence-electron chi connectivity index (χ0n) is 8.55. The van der Waals surface area contributed by atoms with Gasteiger partial charge in [-0.15, -0.1) is 0 Å². The number of pyridine rings is 1. The van der Waals surface area contributed by atoms with Crippen molar-refractivity contribution in [3.63, 3.8) is 0 Å².